The van der Waals surface area contributed by atoms with Crippen LogP contribution in [-0.4, -0.2) is 31.9 Å². The monoisotopic (exact) mass is 538 g/mol. The summed E-state index contributed by atoms with van der Waals surface area (Å²) in [7, 11) is -2.00. The van der Waals surface area contributed by atoms with Crippen LogP contribution in [0.3, 0.4) is 0 Å². The number of nitrogens with zero attached hydrogens (tertiary/aromatic N) is 2. The van der Waals surface area contributed by atoms with Crippen molar-refractivity contribution in [1.29, 1.82) is 0 Å². The number of sulfonamides is 1. The van der Waals surface area contributed by atoms with Gasteiger partial charge in [-0.25, -0.2) is 8.42 Å². The molecule has 4 rings (SSSR count). The van der Waals surface area contributed by atoms with Crippen LogP contribution in [0.25, 0.3) is 0 Å². The number of methoxy groups -OCH3 is 1. The van der Waals surface area contributed by atoms with Gasteiger partial charge in [0, 0.05) is 16.8 Å². The second-order valence-corrected chi connectivity index (χ2v) is 11.5. The Hall–Kier alpha value is -2.21. The van der Waals surface area contributed by atoms with Crippen molar-refractivity contribution in [2.75, 3.05) is 23.0 Å². The molecule has 7 nitrogen and oxygen atoms in total. The van der Waals surface area contributed by atoms with Crippen molar-refractivity contribution >= 4 is 66.0 Å². The minimum Gasteiger partial charge on any atom is -0.495 e. The lowest BCUT2D eigenvalue weighted by Crippen LogP contribution is -2.29. The first kappa shape index (κ1) is 22.0. The molecule has 162 valence electrons. The normalized spacial score (nSPS) is 18.7. The summed E-state index contributed by atoms with van der Waals surface area (Å²) < 4.78 is 32.6. The van der Waals surface area contributed by atoms with Gasteiger partial charge in [0.1, 0.15) is 5.75 Å². The number of pyridine rings is 1. The molecule has 3 aromatic rings. The average molecular weight is 540 g/mol. The highest BCUT2D eigenvalue weighted by Crippen LogP contribution is 2.45. The highest BCUT2D eigenvalue weighted by atomic mass is 79.9. The number of hydrogen-bond acceptors (Lipinski definition) is 6. The van der Waals surface area contributed by atoms with Crippen molar-refractivity contribution in [3.63, 3.8) is 0 Å². The van der Waals surface area contributed by atoms with Crippen LogP contribution in [0.4, 0.5) is 11.4 Å². The molecular formula is C20H19BrN4O3S3. The van der Waals surface area contributed by atoms with Crippen LogP contribution in [0.1, 0.15) is 22.7 Å². The number of rotatable bonds is 6. The molecule has 1 fully saturated rings. The highest BCUT2D eigenvalue weighted by Gasteiger charge is 2.41. The molecule has 2 aromatic heterocycles. The Morgan fingerprint density at radius 3 is 2.68 bits per heavy atom. The molecule has 1 aliphatic rings. The number of thiophene rings is 1. The first-order chi connectivity index (χ1) is 14.8. The number of hydrogen-bond donors (Lipinski definition) is 2. The summed E-state index contributed by atoms with van der Waals surface area (Å²) in [5.41, 5.74) is 1.94. The highest BCUT2D eigenvalue weighted by molar-refractivity contribution is 9.11. The first-order valence-electron chi connectivity index (χ1n) is 9.18. The van der Waals surface area contributed by atoms with Crippen molar-refractivity contribution in [3.8, 4) is 5.75 Å². The Bertz CT molecular complexity index is 1220. The number of benzene rings is 1. The number of halogens is 1. The third-order valence-electron chi connectivity index (χ3n) is 4.74. The molecular weight excluding hydrogens is 520 g/mol. The summed E-state index contributed by atoms with van der Waals surface area (Å²) in [6, 6.07) is 14.8. The third kappa shape index (κ3) is 4.69. The van der Waals surface area contributed by atoms with Crippen LogP contribution in [0.2, 0.25) is 0 Å². The van der Waals surface area contributed by atoms with Crippen molar-refractivity contribution < 1.29 is 13.2 Å². The topological polar surface area (TPSA) is 83.6 Å². The van der Waals surface area contributed by atoms with Crippen LogP contribution in [0.5, 0.6) is 5.75 Å². The summed E-state index contributed by atoms with van der Waals surface area (Å²) in [5, 5.41) is 3.92. The van der Waals surface area contributed by atoms with Gasteiger partial charge in [-0.1, -0.05) is 6.07 Å². The van der Waals surface area contributed by atoms with E-state index in [0.717, 1.165) is 26.3 Å². The molecule has 2 N–H and O–H groups in total. The molecule has 0 radical (unpaired) electrons. The van der Waals surface area contributed by atoms with E-state index in [1.807, 2.05) is 35.2 Å². The Morgan fingerprint density at radius 1 is 1.26 bits per heavy atom. The number of thiocarbonyl (C=S) groups is 1. The van der Waals surface area contributed by atoms with Gasteiger partial charge in [0.15, 0.2) is 5.11 Å². The van der Waals surface area contributed by atoms with E-state index in [1.165, 1.54) is 7.11 Å². The number of aromatic nitrogens is 1. The maximum absolute atomic E-state index is 11.9. The maximum atomic E-state index is 11.9. The van der Waals surface area contributed by atoms with Crippen molar-refractivity contribution in [2.24, 2.45) is 0 Å². The lowest BCUT2D eigenvalue weighted by atomic mass is 10.0. The van der Waals surface area contributed by atoms with Crippen molar-refractivity contribution in [1.82, 2.24) is 10.3 Å². The SMILES string of the molecule is COc1ccc(N2C(=S)N[C@H](c3ccccn3)[C@H]2c2ccc(Br)s2)cc1NS(C)(=O)=O. The molecule has 0 unspecified atom stereocenters. The van der Waals surface area contributed by atoms with E-state index in [0.29, 0.717) is 16.5 Å². The van der Waals surface area contributed by atoms with Crippen molar-refractivity contribution in [2.45, 2.75) is 12.1 Å². The maximum Gasteiger partial charge on any atom is 0.229 e. The Morgan fingerprint density at radius 2 is 2.06 bits per heavy atom. The molecule has 1 aliphatic heterocycles. The third-order valence-corrected chi connectivity index (χ3v) is 7.34. The minimum atomic E-state index is -3.49. The number of ether oxygens (including phenoxy) is 1. The van der Waals surface area contributed by atoms with Crippen LogP contribution in [0.15, 0.2) is 58.5 Å². The fourth-order valence-electron chi connectivity index (χ4n) is 3.53. The minimum absolute atomic E-state index is 0.168. The molecule has 11 heteroatoms. The van der Waals surface area contributed by atoms with Gasteiger partial charge in [-0.05, 0) is 70.6 Å². The van der Waals surface area contributed by atoms with Crippen LogP contribution < -0.4 is 19.7 Å². The van der Waals surface area contributed by atoms with E-state index in [-0.39, 0.29) is 12.1 Å². The van der Waals surface area contributed by atoms with E-state index in [9.17, 15) is 8.42 Å². The predicted octanol–water partition coefficient (Wildman–Crippen LogP) is 4.46. The quantitative estimate of drug-likeness (QED) is 0.448. The molecule has 1 saturated heterocycles. The standard InChI is InChI=1S/C20H19BrN4O3S3/c1-28-15-7-6-12(11-14(15)24-31(2,26)27)25-19(16-8-9-17(21)30-16)18(23-20(25)29)13-5-3-4-10-22-13/h3-11,18-19,24H,1-2H3,(H,23,29)/t18-,19-/m1/s1. The average Bonchev–Trinajstić information content (AvgIpc) is 3.30. The van der Waals surface area contributed by atoms with Crippen LogP contribution >= 0.6 is 39.5 Å². The summed E-state index contributed by atoms with van der Waals surface area (Å²) in [4.78, 5) is 7.60. The van der Waals surface area contributed by atoms with E-state index in [4.69, 9.17) is 17.0 Å². The predicted molar refractivity (Wildman–Crippen MR) is 131 cm³/mol. The zero-order valence-electron chi connectivity index (χ0n) is 16.6. The Labute approximate surface area is 198 Å². The van der Waals surface area contributed by atoms with E-state index < -0.39 is 10.0 Å². The van der Waals surface area contributed by atoms with Crippen LogP contribution in [0, 0.1) is 0 Å². The number of anilines is 2. The summed E-state index contributed by atoms with van der Waals surface area (Å²) >= 11 is 10.9. The lowest BCUT2D eigenvalue weighted by molar-refractivity contribution is 0.417. The van der Waals surface area contributed by atoms with Crippen molar-refractivity contribution in [3.05, 3.63) is 69.1 Å². The van der Waals surface area contributed by atoms with Gasteiger partial charge >= 0.3 is 0 Å². The largest absolute Gasteiger partial charge is 0.495 e. The Kier molecular flexibility index (Phi) is 6.20. The van der Waals surface area contributed by atoms with Gasteiger partial charge in [0.2, 0.25) is 10.0 Å². The molecule has 0 bridgehead atoms. The van der Waals surface area contributed by atoms with Gasteiger partial charge in [-0.2, -0.15) is 0 Å². The van der Waals surface area contributed by atoms with E-state index >= 15 is 0 Å². The van der Waals surface area contributed by atoms with Gasteiger partial charge in [-0.3, -0.25) is 9.71 Å². The Balaban J connectivity index is 1.82. The second kappa shape index (κ2) is 8.73. The van der Waals surface area contributed by atoms with Crippen LogP contribution in [-0.2, 0) is 10.0 Å². The molecule has 0 spiro atoms. The lowest BCUT2D eigenvalue weighted by Gasteiger charge is -2.27. The molecule has 2 atom stereocenters. The van der Waals surface area contributed by atoms with Gasteiger partial charge in [0.05, 0.1) is 40.6 Å². The molecule has 31 heavy (non-hydrogen) atoms. The second-order valence-electron chi connectivity index (χ2n) is 6.90. The van der Waals surface area contributed by atoms with Gasteiger partial charge < -0.3 is 15.0 Å². The van der Waals surface area contributed by atoms with E-state index in [1.54, 1.807) is 29.7 Å². The van der Waals surface area contributed by atoms with E-state index in [2.05, 4.69) is 37.0 Å². The molecule has 0 aliphatic carbocycles. The fraction of sp³-hybridized carbons (Fsp3) is 0.200. The first-order valence-corrected chi connectivity index (χ1v) is 13.1. The zero-order chi connectivity index (χ0) is 22.2. The molecule has 1 aromatic carbocycles. The molecule has 3 heterocycles. The summed E-state index contributed by atoms with van der Waals surface area (Å²) in [6.07, 6.45) is 2.86. The van der Waals surface area contributed by atoms with Gasteiger partial charge in [-0.15, -0.1) is 11.3 Å². The number of nitrogens with one attached hydrogen (secondary N) is 2. The smallest absolute Gasteiger partial charge is 0.229 e. The zero-order valence-corrected chi connectivity index (χ0v) is 20.6. The summed E-state index contributed by atoms with van der Waals surface area (Å²) in [6.45, 7) is 0. The fourth-order valence-corrected chi connectivity index (χ4v) is 5.99. The summed E-state index contributed by atoms with van der Waals surface area (Å²) in [5.74, 6) is 0.420. The molecule has 0 amide bonds. The van der Waals surface area contributed by atoms with Gasteiger partial charge in [0.25, 0.3) is 0 Å². The molecule has 0 saturated carbocycles.